The van der Waals surface area contributed by atoms with Crippen LogP contribution in [0, 0.1) is 0 Å². The van der Waals surface area contributed by atoms with Crippen LogP contribution in [-0.2, 0) is 6.42 Å². The van der Waals surface area contributed by atoms with Crippen molar-refractivity contribution in [2.75, 3.05) is 14.2 Å². The Morgan fingerprint density at radius 2 is 1.91 bits per heavy atom. The van der Waals surface area contributed by atoms with Gasteiger partial charge >= 0.3 is 0 Å². The molecular formula is C16H18N2O4. The van der Waals surface area contributed by atoms with E-state index in [0.717, 1.165) is 12.2 Å². The van der Waals surface area contributed by atoms with E-state index < -0.39 is 0 Å². The molecule has 0 bridgehead atoms. The van der Waals surface area contributed by atoms with Crippen LogP contribution in [0.3, 0.4) is 0 Å². The summed E-state index contributed by atoms with van der Waals surface area (Å²) >= 11 is 0. The zero-order chi connectivity index (χ0) is 15.9. The van der Waals surface area contributed by atoms with Gasteiger partial charge in [-0.25, -0.2) is 5.43 Å². The van der Waals surface area contributed by atoms with Crippen molar-refractivity contribution in [1.82, 2.24) is 5.43 Å². The Kier molecular flexibility index (Phi) is 5.19. The van der Waals surface area contributed by atoms with Crippen molar-refractivity contribution >= 4 is 12.1 Å². The van der Waals surface area contributed by atoms with Gasteiger partial charge in [-0.1, -0.05) is 6.92 Å². The van der Waals surface area contributed by atoms with Crippen LogP contribution in [0.1, 0.15) is 28.8 Å². The van der Waals surface area contributed by atoms with Crippen molar-refractivity contribution in [1.29, 1.82) is 0 Å². The first kappa shape index (κ1) is 15.6. The number of hydrogen-bond donors (Lipinski definition) is 1. The van der Waals surface area contributed by atoms with Gasteiger partial charge in [0.15, 0.2) is 0 Å². The molecule has 0 aliphatic heterocycles. The minimum Gasteiger partial charge on any atom is -0.497 e. The monoisotopic (exact) mass is 302 g/mol. The van der Waals surface area contributed by atoms with Gasteiger partial charge in [-0.2, -0.15) is 5.10 Å². The molecule has 6 heteroatoms. The van der Waals surface area contributed by atoms with Gasteiger partial charge < -0.3 is 13.9 Å². The van der Waals surface area contributed by atoms with Crippen molar-refractivity contribution in [3.8, 4) is 11.5 Å². The summed E-state index contributed by atoms with van der Waals surface area (Å²) < 4.78 is 15.7. The van der Waals surface area contributed by atoms with E-state index in [0.29, 0.717) is 22.8 Å². The highest BCUT2D eigenvalue weighted by atomic mass is 16.5. The maximum absolute atomic E-state index is 12.1. The molecule has 1 N–H and O–H groups in total. The molecule has 1 heterocycles. The SMILES string of the molecule is CCc1ccc(/C=N\NC(=O)c2cc(OC)cc(OC)c2)o1. The number of benzene rings is 1. The minimum absolute atomic E-state index is 0.365. The fourth-order valence-electron chi connectivity index (χ4n) is 1.81. The predicted molar refractivity (Wildman–Crippen MR) is 82.7 cm³/mol. The first-order valence-corrected chi connectivity index (χ1v) is 6.81. The summed E-state index contributed by atoms with van der Waals surface area (Å²) in [7, 11) is 3.05. The zero-order valence-electron chi connectivity index (χ0n) is 12.8. The zero-order valence-corrected chi connectivity index (χ0v) is 12.8. The quantitative estimate of drug-likeness (QED) is 0.657. The minimum atomic E-state index is -0.365. The summed E-state index contributed by atoms with van der Waals surface area (Å²) in [4.78, 5) is 12.1. The van der Waals surface area contributed by atoms with Gasteiger partial charge in [-0.3, -0.25) is 4.79 Å². The molecule has 0 aliphatic carbocycles. The number of furan rings is 1. The largest absolute Gasteiger partial charge is 0.497 e. The molecule has 22 heavy (non-hydrogen) atoms. The van der Waals surface area contributed by atoms with E-state index in [1.807, 2.05) is 13.0 Å². The summed E-state index contributed by atoms with van der Waals surface area (Å²) in [6, 6.07) is 8.57. The highest BCUT2D eigenvalue weighted by Gasteiger charge is 2.09. The van der Waals surface area contributed by atoms with Crippen molar-refractivity contribution in [2.45, 2.75) is 13.3 Å². The van der Waals surface area contributed by atoms with Crippen molar-refractivity contribution in [3.63, 3.8) is 0 Å². The number of aryl methyl sites for hydroxylation is 1. The van der Waals surface area contributed by atoms with E-state index in [1.165, 1.54) is 20.4 Å². The fourth-order valence-corrected chi connectivity index (χ4v) is 1.81. The summed E-state index contributed by atoms with van der Waals surface area (Å²) in [5.74, 6) is 2.15. The van der Waals surface area contributed by atoms with Gasteiger partial charge in [0, 0.05) is 18.1 Å². The number of methoxy groups -OCH3 is 2. The lowest BCUT2D eigenvalue weighted by Gasteiger charge is -2.07. The number of carbonyl (C=O) groups is 1. The van der Waals surface area contributed by atoms with Gasteiger partial charge in [0.05, 0.1) is 20.4 Å². The molecule has 0 radical (unpaired) electrons. The van der Waals surface area contributed by atoms with E-state index in [-0.39, 0.29) is 5.91 Å². The summed E-state index contributed by atoms with van der Waals surface area (Å²) in [6.45, 7) is 2.00. The first-order chi connectivity index (χ1) is 10.7. The fraction of sp³-hybridized carbons (Fsp3) is 0.250. The average Bonchev–Trinajstić information content (AvgIpc) is 3.02. The standard InChI is InChI=1S/C16H18N2O4/c1-4-12-5-6-13(22-12)10-17-18-16(19)11-7-14(20-2)9-15(8-11)21-3/h5-10H,4H2,1-3H3,(H,18,19)/b17-10-. The van der Waals surface area contributed by atoms with Gasteiger partial charge in [0.25, 0.3) is 5.91 Å². The maximum Gasteiger partial charge on any atom is 0.271 e. The molecule has 0 aliphatic rings. The van der Waals surface area contributed by atoms with Gasteiger partial charge in [0.2, 0.25) is 0 Å². The number of rotatable bonds is 6. The summed E-state index contributed by atoms with van der Waals surface area (Å²) in [6.07, 6.45) is 2.26. The first-order valence-electron chi connectivity index (χ1n) is 6.81. The molecule has 0 fully saturated rings. The Labute approximate surface area is 128 Å². The Morgan fingerprint density at radius 3 is 2.45 bits per heavy atom. The lowest BCUT2D eigenvalue weighted by atomic mass is 10.2. The molecule has 1 amide bonds. The molecule has 6 nitrogen and oxygen atoms in total. The Hall–Kier alpha value is -2.76. The van der Waals surface area contributed by atoms with Crippen LogP contribution in [0.4, 0.5) is 0 Å². The normalized spacial score (nSPS) is 10.7. The number of carbonyl (C=O) groups excluding carboxylic acids is 1. The Balaban J connectivity index is 2.05. The third-order valence-electron chi connectivity index (χ3n) is 3.00. The van der Waals surface area contributed by atoms with Crippen LogP contribution in [0.15, 0.2) is 39.9 Å². The molecule has 0 saturated carbocycles. The number of hydrogen-bond acceptors (Lipinski definition) is 5. The lowest BCUT2D eigenvalue weighted by molar-refractivity contribution is 0.0954. The molecule has 0 spiro atoms. The second-order valence-electron chi connectivity index (χ2n) is 4.46. The molecule has 0 atom stereocenters. The second kappa shape index (κ2) is 7.31. The summed E-state index contributed by atoms with van der Waals surface area (Å²) in [5.41, 5.74) is 2.83. The Morgan fingerprint density at radius 1 is 1.23 bits per heavy atom. The average molecular weight is 302 g/mol. The maximum atomic E-state index is 12.1. The molecule has 2 rings (SSSR count). The van der Waals surface area contributed by atoms with Crippen LogP contribution in [0.25, 0.3) is 0 Å². The molecule has 1 aromatic heterocycles. The van der Waals surface area contributed by atoms with Gasteiger partial charge in [0.1, 0.15) is 23.0 Å². The van der Waals surface area contributed by atoms with Crippen LogP contribution in [-0.4, -0.2) is 26.3 Å². The highest BCUT2D eigenvalue weighted by molar-refractivity contribution is 5.95. The third-order valence-corrected chi connectivity index (χ3v) is 3.00. The Bertz CT molecular complexity index is 654. The predicted octanol–water partition coefficient (Wildman–Crippen LogP) is 2.62. The smallest absolute Gasteiger partial charge is 0.271 e. The van der Waals surface area contributed by atoms with Crippen LogP contribution in [0.5, 0.6) is 11.5 Å². The number of nitrogens with one attached hydrogen (secondary N) is 1. The van der Waals surface area contributed by atoms with Crippen LogP contribution < -0.4 is 14.9 Å². The molecular weight excluding hydrogens is 284 g/mol. The van der Waals surface area contributed by atoms with E-state index in [9.17, 15) is 4.79 Å². The second-order valence-corrected chi connectivity index (χ2v) is 4.46. The van der Waals surface area contributed by atoms with E-state index in [2.05, 4.69) is 10.5 Å². The van der Waals surface area contributed by atoms with Gasteiger partial charge in [-0.15, -0.1) is 0 Å². The van der Waals surface area contributed by atoms with Crippen molar-refractivity contribution in [3.05, 3.63) is 47.4 Å². The van der Waals surface area contributed by atoms with Crippen LogP contribution in [0.2, 0.25) is 0 Å². The van der Waals surface area contributed by atoms with E-state index in [1.54, 1.807) is 24.3 Å². The number of ether oxygens (including phenoxy) is 2. The molecule has 116 valence electrons. The highest BCUT2D eigenvalue weighted by Crippen LogP contribution is 2.22. The van der Waals surface area contributed by atoms with E-state index >= 15 is 0 Å². The topological polar surface area (TPSA) is 73.1 Å². The number of nitrogens with zero attached hydrogens (tertiary/aromatic N) is 1. The summed E-state index contributed by atoms with van der Waals surface area (Å²) in [5, 5.41) is 3.88. The van der Waals surface area contributed by atoms with Crippen molar-refractivity contribution in [2.24, 2.45) is 5.10 Å². The molecule has 0 saturated heterocycles. The lowest BCUT2D eigenvalue weighted by Crippen LogP contribution is -2.17. The molecule has 1 aromatic carbocycles. The van der Waals surface area contributed by atoms with Crippen molar-refractivity contribution < 1.29 is 18.7 Å². The third kappa shape index (κ3) is 3.88. The number of amides is 1. The van der Waals surface area contributed by atoms with E-state index in [4.69, 9.17) is 13.9 Å². The molecule has 2 aromatic rings. The van der Waals surface area contributed by atoms with Gasteiger partial charge in [-0.05, 0) is 24.3 Å². The number of hydrazone groups is 1. The van der Waals surface area contributed by atoms with Crippen LogP contribution >= 0.6 is 0 Å². The molecule has 0 unspecified atom stereocenters.